The van der Waals surface area contributed by atoms with Crippen LogP contribution in [0.2, 0.25) is 0 Å². The number of methoxy groups -OCH3 is 2. The fraction of sp³-hybridized carbons (Fsp3) is 0.455. The van der Waals surface area contributed by atoms with Crippen LogP contribution in [0.1, 0.15) is 17.2 Å². The summed E-state index contributed by atoms with van der Waals surface area (Å²) >= 11 is 0. The summed E-state index contributed by atoms with van der Waals surface area (Å²) in [6.45, 7) is 2.78. The van der Waals surface area contributed by atoms with Gasteiger partial charge in [-0.3, -0.25) is 0 Å². The smallest absolute Gasteiger partial charge is 0.125 e. The van der Waals surface area contributed by atoms with Gasteiger partial charge in [-0.1, -0.05) is 0 Å². The third-order valence-electron chi connectivity index (χ3n) is 2.43. The Morgan fingerprint density at radius 1 is 1.21 bits per heavy atom. The van der Waals surface area contributed by atoms with E-state index in [-0.39, 0.29) is 6.10 Å². The summed E-state index contributed by atoms with van der Waals surface area (Å²) in [6, 6.07) is 3.97. The second-order valence-electron chi connectivity index (χ2n) is 3.39. The molecule has 0 spiro atoms. The van der Waals surface area contributed by atoms with Crippen LogP contribution in [0.4, 0.5) is 0 Å². The molecule has 1 heterocycles. The van der Waals surface area contributed by atoms with E-state index >= 15 is 0 Å². The predicted octanol–water partition coefficient (Wildman–Crippen LogP) is 2.08. The average Bonchev–Trinajstić information content (AvgIpc) is 3.01. The third kappa shape index (κ3) is 1.55. The summed E-state index contributed by atoms with van der Waals surface area (Å²) in [5.41, 5.74) is 2.16. The molecule has 1 atom stereocenters. The van der Waals surface area contributed by atoms with Gasteiger partial charge >= 0.3 is 0 Å². The summed E-state index contributed by atoms with van der Waals surface area (Å²) in [7, 11) is 3.35. The first-order valence-corrected chi connectivity index (χ1v) is 4.60. The summed E-state index contributed by atoms with van der Waals surface area (Å²) in [4.78, 5) is 0. The molecule has 1 aromatic carbocycles. The molecule has 0 saturated carbocycles. The van der Waals surface area contributed by atoms with Gasteiger partial charge in [-0.05, 0) is 24.6 Å². The maximum absolute atomic E-state index is 5.29. The van der Waals surface area contributed by atoms with E-state index in [1.54, 1.807) is 14.2 Å². The van der Waals surface area contributed by atoms with Crippen molar-refractivity contribution < 1.29 is 14.2 Å². The standard InChI is InChI=1S/C11H14O3/c1-7-4-10(13-3)8(11-6-14-11)5-9(7)12-2/h4-5,11H,6H2,1-3H3. The molecule has 0 aromatic heterocycles. The molecule has 0 bridgehead atoms. The molecule has 0 radical (unpaired) electrons. The summed E-state index contributed by atoms with van der Waals surface area (Å²) in [6.07, 6.45) is 0.194. The molecule has 1 fully saturated rings. The Morgan fingerprint density at radius 2 is 1.86 bits per heavy atom. The second kappa shape index (κ2) is 3.50. The number of rotatable bonds is 3. The van der Waals surface area contributed by atoms with Crippen molar-refractivity contribution in [3.05, 3.63) is 23.3 Å². The Kier molecular flexibility index (Phi) is 2.33. The van der Waals surface area contributed by atoms with Gasteiger partial charge in [-0.2, -0.15) is 0 Å². The van der Waals surface area contributed by atoms with E-state index in [1.165, 1.54) is 0 Å². The molecule has 0 amide bonds. The highest BCUT2D eigenvalue weighted by molar-refractivity contribution is 5.47. The Hall–Kier alpha value is -1.22. The van der Waals surface area contributed by atoms with Gasteiger partial charge in [0.1, 0.15) is 17.6 Å². The number of epoxide rings is 1. The zero-order valence-corrected chi connectivity index (χ0v) is 8.66. The van der Waals surface area contributed by atoms with Gasteiger partial charge in [0.2, 0.25) is 0 Å². The van der Waals surface area contributed by atoms with E-state index in [0.717, 1.165) is 29.2 Å². The molecule has 0 aliphatic carbocycles. The number of hydrogen-bond donors (Lipinski definition) is 0. The van der Waals surface area contributed by atoms with E-state index in [9.17, 15) is 0 Å². The SMILES string of the molecule is COc1cc(C2CO2)c(OC)cc1C. The third-order valence-corrected chi connectivity index (χ3v) is 2.43. The molecule has 1 aliphatic rings. The lowest BCUT2D eigenvalue weighted by molar-refractivity contribution is 0.376. The normalized spacial score (nSPS) is 19.2. The van der Waals surface area contributed by atoms with Crippen molar-refractivity contribution in [2.24, 2.45) is 0 Å². The second-order valence-corrected chi connectivity index (χ2v) is 3.39. The maximum Gasteiger partial charge on any atom is 0.125 e. The Labute approximate surface area is 83.6 Å². The highest BCUT2D eigenvalue weighted by Gasteiger charge is 2.29. The van der Waals surface area contributed by atoms with Crippen LogP contribution in [0.25, 0.3) is 0 Å². The lowest BCUT2D eigenvalue weighted by Crippen LogP contribution is -1.95. The Bertz CT molecular complexity index is 343. The van der Waals surface area contributed by atoms with Crippen LogP contribution in [-0.4, -0.2) is 20.8 Å². The number of hydrogen-bond acceptors (Lipinski definition) is 3. The van der Waals surface area contributed by atoms with Gasteiger partial charge in [0.05, 0.1) is 20.8 Å². The molecule has 3 heteroatoms. The molecular formula is C11H14O3. The number of aryl methyl sites for hydroxylation is 1. The quantitative estimate of drug-likeness (QED) is 0.690. The maximum atomic E-state index is 5.29. The van der Waals surface area contributed by atoms with Gasteiger partial charge in [-0.15, -0.1) is 0 Å². The molecule has 1 aromatic rings. The lowest BCUT2D eigenvalue weighted by atomic mass is 10.1. The van der Waals surface area contributed by atoms with E-state index in [2.05, 4.69) is 0 Å². The van der Waals surface area contributed by atoms with Crippen molar-refractivity contribution in [3.63, 3.8) is 0 Å². The number of ether oxygens (including phenoxy) is 3. The molecule has 2 rings (SSSR count). The largest absolute Gasteiger partial charge is 0.496 e. The highest BCUT2D eigenvalue weighted by Crippen LogP contribution is 2.39. The summed E-state index contributed by atoms with van der Waals surface area (Å²) in [5, 5.41) is 0. The van der Waals surface area contributed by atoms with Crippen molar-refractivity contribution >= 4 is 0 Å². The fourth-order valence-electron chi connectivity index (χ4n) is 1.55. The van der Waals surface area contributed by atoms with E-state index < -0.39 is 0 Å². The first-order chi connectivity index (χ1) is 6.76. The van der Waals surface area contributed by atoms with E-state index in [1.807, 2.05) is 19.1 Å². The molecule has 1 aliphatic heterocycles. The minimum atomic E-state index is 0.194. The zero-order chi connectivity index (χ0) is 10.1. The van der Waals surface area contributed by atoms with Crippen LogP contribution in [0.3, 0.4) is 0 Å². The molecule has 3 nitrogen and oxygen atoms in total. The zero-order valence-electron chi connectivity index (χ0n) is 8.66. The molecule has 1 saturated heterocycles. The van der Waals surface area contributed by atoms with E-state index in [4.69, 9.17) is 14.2 Å². The van der Waals surface area contributed by atoms with Crippen LogP contribution >= 0.6 is 0 Å². The molecule has 14 heavy (non-hydrogen) atoms. The first-order valence-electron chi connectivity index (χ1n) is 4.60. The van der Waals surface area contributed by atoms with Crippen molar-refractivity contribution in [3.8, 4) is 11.5 Å². The van der Waals surface area contributed by atoms with Gasteiger partial charge in [0.25, 0.3) is 0 Å². The van der Waals surface area contributed by atoms with Crippen LogP contribution in [0.5, 0.6) is 11.5 Å². The molecule has 1 unspecified atom stereocenters. The minimum absolute atomic E-state index is 0.194. The fourth-order valence-corrected chi connectivity index (χ4v) is 1.55. The number of benzene rings is 1. The minimum Gasteiger partial charge on any atom is -0.496 e. The van der Waals surface area contributed by atoms with Crippen molar-refractivity contribution in [1.29, 1.82) is 0 Å². The average molecular weight is 194 g/mol. The van der Waals surface area contributed by atoms with Crippen LogP contribution in [0.15, 0.2) is 12.1 Å². The van der Waals surface area contributed by atoms with Crippen LogP contribution in [0, 0.1) is 6.92 Å². The van der Waals surface area contributed by atoms with Crippen molar-refractivity contribution in [2.75, 3.05) is 20.8 Å². The Morgan fingerprint density at radius 3 is 2.36 bits per heavy atom. The first kappa shape index (κ1) is 9.34. The topological polar surface area (TPSA) is 31.0 Å². The van der Waals surface area contributed by atoms with Gasteiger partial charge in [-0.25, -0.2) is 0 Å². The van der Waals surface area contributed by atoms with E-state index in [0.29, 0.717) is 0 Å². The van der Waals surface area contributed by atoms with Crippen molar-refractivity contribution in [1.82, 2.24) is 0 Å². The monoisotopic (exact) mass is 194 g/mol. The molecule has 0 N–H and O–H groups in total. The van der Waals surface area contributed by atoms with Crippen molar-refractivity contribution in [2.45, 2.75) is 13.0 Å². The van der Waals surface area contributed by atoms with Crippen LogP contribution in [-0.2, 0) is 4.74 Å². The van der Waals surface area contributed by atoms with Gasteiger partial charge < -0.3 is 14.2 Å². The van der Waals surface area contributed by atoms with Gasteiger partial charge in [0, 0.05) is 5.56 Å². The molecular weight excluding hydrogens is 180 g/mol. The van der Waals surface area contributed by atoms with Gasteiger partial charge in [0.15, 0.2) is 0 Å². The summed E-state index contributed by atoms with van der Waals surface area (Å²) < 4.78 is 15.8. The molecule has 76 valence electrons. The Balaban J connectivity index is 2.44. The lowest BCUT2D eigenvalue weighted by Gasteiger charge is -2.11. The highest BCUT2D eigenvalue weighted by atomic mass is 16.6. The predicted molar refractivity (Wildman–Crippen MR) is 53.0 cm³/mol. The van der Waals surface area contributed by atoms with Crippen LogP contribution < -0.4 is 9.47 Å². The summed E-state index contributed by atoms with van der Waals surface area (Å²) in [5.74, 6) is 1.77.